The van der Waals surface area contributed by atoms with Crippen molar-refractivity contribution in [1.82, 2.24) is 16.2 Å². The van der Waals surface area contributed by atoms with E-state index in [0.717, 1.165) is 0 Å². The van der Waals surface area contributed by atoms with Crippen LogP contribution >= 0.6 is 28.1 Å². The molecule has 0 fully saturated rings. The summed E-state index contributed by atoms with van der Waals surface area (Å²) in [7, 11) is 0. The number of carbonyl (C=O) groups excluding carboxylic acids is 3. The van der Waals surface area contributed by atoms with Crippen LogP contribution < -0.4 is 26.2 Å². The zero-order valence-electron chi connectivity index (χ0n) is 15.4. The van der Waals surface area contributed by atoms with Crippen molar-refractivity contribution in [3.8, 4) is 5.75 Å². The summed E-state index contributed by atoms with van der Waals surface area (Å²) in [6, 6.07) is 9.93. The molecule has 1 aromatic heterocycles. The molecule has 0 saturated carbocycles. The number of thiocarbonyl (C=S) groups is 1. The minimum Gasteiger partial charge on any atom is -0.494 e. The van der Waals surface area contributed by atoms with E-state index in [0.29, 0.717) is 22.7 Å². The number of carbonyl (C=O) groups is 3. The first-order valence-electron chi connectivity index (χ1n) is 8.55. The van der Waals surface area contributed by atoms with Crippen LogP contribution in [-0.4, -0.2) is 29.4 Å². The Bertz CT molecular complexity index is 885. The number of furan rings is 1. The average Bonchev–Trinajstić information content (AvgIpc) is 3.13. The summed E-state index contributed by atoms with van der Waals surface area (Å²) in [6.45, 7) is 2.44. The molecule has 4 N–H and O–H groups in total. The Labute approximate surface area is 180 Å². The predicted molar refractivity (Wildman–Crippen MR) is 113 cm³/mol. The summed E-state index contributed by atoms with van der Waals surface area (Å²) >= 11 is 7.99. The molecule has 0 saturated heterocycles. The van der Waals surface area contributed by atoms with Gasteiger partial charge in [0.15, 0.2) is 15.5 Å². The Kier molecular flexibility index (Phi) is 8.62. The van der Waals surface area contributed by atoms with Gasteiger partial charge < -0.3 is 14.5 Å². The summed E-state index contributed by atoms with van der Waals surface area (Å²) < 4.78 is 10.8. The van der Waals surface area contributed by atoms with Crippen LogP contribution in [0.2, 0.25) is 0 Å². The van der Waals surface area contributed by atoms with Crippen molar-refractivity contribution >= 4 is 56.7 Å². The van der Waals surface area contributed by atoms with Gasteiger partial charge >= 0.3 is 0 Å². The number of ether oxygens (including phenoxy) is 1. The lowest BCUT2D eigenvalue weighted by molar-refractivity contribution is -0.124. The maximum Gasteiger partial charge on any atom is 0.293 e. The maximum absolute atomic E-state index is 11.9. The fourth-order valence-corrected chi connectivity index (χ4v) is 2.52. The number of hydrogen-bond donors (Lipinski definition) is 4. The second-order valence-electron chi connectivity index (χ2n) is 5.57. The lowest BCUT2D eigenvalue weighted by Crippen LogP contribution is -2.48. The van der Waals surface area contributed by atoms with Crippen LogP contribution in [0, 0.1) is 0 Å². The molecule has 2 aromatic rings. The molecular weight excluding hydrogens is 464 g/mol. The largest absolute Gasteiger partial charge is 0.494 e. The lowest BCUT2D eigenvalue weighted by atomic mass is 10.2. The van der Waals surface area contributed by atoms with Crippen LogP contribution in [0.5, 0.6) is 5.75 Å². The van der Waals surface area contributed by atoms with Crippen molar-refractivity contribution in [3.63, 3.8) is 0 Å². The Morgan fingerprint density at radius 1 is 1.03 bits per heavy atom. The molecule has 0 unspecified atom stereocenters. The first-order valence-corrected chi connectivity index (χ1v) is 9.75. The summed E-state index contributed by atoms with van der Waals surface area (Å²) in [5.41, 5.74) is 5.29. The summed E-state index contributed by atoms with van der Waals surface area (Å²) in [6.07, 6.45) is -0.0994. The van der Waals surface area contributed by atoms with Gasteiger partial charge in [-0.3, -0.25) is 30.6 Å². The summed E-state index contributed by atoms with van der Waals surface area (Å²) in [4.78, 5) is 35.6. The van der Waals surface area contributed by atoms with E-state index in [4.69, 9.17) is 21.4 Å². The van der Waals surface area contributed by atoms with Gasteiger partial charge in [-0.1, -0.05) is 0 Å². The van der Waals surface area contributed by atoms with Gasteiger partial charge in [0.25, 0.3) is 5.91 Å². The Hall–Kier alpha value is -2.92. The minimum atomic E-state index is -0.572. The highest BCUT2D eigenvalue weighted by atomic mass is 79.9. The molecule has 1 aromatic carbocycles. The molecule has 1 heterocycles. The monoisotopic (exact) mass is 482 g/mol. The molecule has 2 rings (SSSR count). The number of hydrogen-bond acceptors (Lipinski definition) is 6. The zero-order valence-corrected chi connectivity index (χ0v) is 17.8. The third-order valence-electron chi connectivity index (χ3n) is 3.37. The van der Waals surface area contributed by atoms with Crippen molar-refractivity contribution < 1.29 is 23.5 Å². The normalized spacial score (nSPS) is 10.0. The number of anilines is 1. The summed E-state index contributed by atoms with van der Waals surface area (Å²) in [5, 5.41) is 4.91. The van der Waals surface area contributed by atoms with Crippen molar-refractivity contribution in [3.05, 3.63) is 46.8 Å². The van der Waals surface area contributed by atoms with Gasteiger partial charge in [-0.25, -0.2) is 0 Å². The smallest absolute Gasteiger partial charge is 0.293 e. The molecule has 0 spiro atoms. The minimum absolute atomic E-state index is 0.0275. The molecule has 3 amide bonds. The van der Waals surface area contributed by atoms with E-state index in [1.165, 1.54) is 6.07 Å². The Morgan fingerprint density at radius 3 is 2.34 bits per heavy atom. The molecule has 0 atom stereocenters. The van der Waals surface area contributed by atoms with E-state index in [9.17, 15) is 14.4 Å². The predicted octanol–water partition coefficient (Wildman–Crippen LogP) is 2.50. The molecule has 0 radical (unpaired) electrons. The average molecular weight is 483 g/mol. The first-order chi connectivity index (χ1) is 13.9. The van der Waals surface area contributed by atoms with E-state index in [2.05, 4.69) is 37.4 Å². The van der Waals surface area contributed by atoms with Gasteiger partial charge in [0.1, 0.15) is 5.75 Å². The molecule has 154 valence electrons. The van der Waals surface area contributed by atoms with Crippen molar-refractivity contribution in [2.75, 3.05) is 11.9 Å². The second kappa shape index (κ2) is 11.2. The molecule has 0 aliphatic carbocycles. The van der Waals surface area contributed by atoms with Gasteiger partial charge in [-0.15, -0.1) is 0 Å². The number of amides is 3. The number of rotatable bonds is 7. The van der Waals surface area contributed by atoms with Crippen molar-refractivity contribution in [2.24, 2.45) is 0 Å². The Morgan fingerprint density at radius 2 is 1.72 bits per heavy atom. The van der Waals surface area contributed by atoms with Crippen LogP contribution in [0.3, 0.4) is 0 Å². The molecule has 29 heavy (non-hydrogen) atoms. The van der Waals surface area contributed by atoms with Crippen molar-refractivity contribution in [1.29, 1.82) is 0 Å². The summed E-state index contributed by atoms with van der Waals surface area (Å²) in [5.74, 6) is -0.595. The van der Waals surface area contributed by atoms with Crippen LogP contribution in [0.25, 0.3) is 0 Å². The zero-order chi connectivity index (χ0) is 21.2. The number of benzene rings is 1. The molecule has 0 bridgehead atoms. The van der Waals surface area contributed by atoms with Gasteiger partial charge in [0.2, 0.25) is 11.8 Å². The Balaban J connectivity index is 1.66. The van der Waals surface area contributed by atoms with Crippen LogP contribution in [0.4, 0.5) is 5.69 Å². The third-order valence-corrected chi connectivity index (χ3v) is 4.00. The first kappa shape index (κ1) is 22.4. The van der Waals surface area contributed by atoms with E-state index >= 15 is 0 Å². The maximum atomic E-state index is 11.9. The third kappa shape index (κ3) is 7.92. The van der Waals surface area contributed by atoms with Gasteiger partial charge in [-0.2, -0.15) is 0 Å². The molecule has 11 heteroatoms. The lowest BCUT2D eigenvalue weighted by Gasteiger charge is -2.10. The van der Waals surface area contributed by atoms with Crippen LogP contribution in [0.1, 0.15) is 30.3 Å². The van der Waals surface area contributed by atoms with E-state index in [1.807, 2.05) is 6.92 Å². The standard InChI is InChI=1S/C18H19BrN4O5S/c1-2-27-12-5-3-11(4-6-12)20-15(24)9-10-16(25)22-23-18(29)21-17(26)13-7-8-14(19)28-13/h3-8H,2,9-10H2,1H3,(H,20,24)(H,22,25)(H2,21,23,26,29). The van der Waals surface area contributed by atoms with E-state index in [-0.39, 0.29) is 29.6 Å². The van der Waals surface area contributed by atoms with E-state index in [1.54, 1.807) is 30.3 Å². The number of hydrazine groups is 1. The molecule has 9 nitrogen and oxygen atoms in total. The molecule has 0 aliphatic rings. The fourth-order valence-electron chi connectivity index (χ4n) is 2.07. The van der Waals surface area contributed by atoms with Gasteiger partial charge in [0, 0.05) is 18.5 Å². The highest BCUT2D eigenvalue weighted by molar-refractivity contribution is 9.10. The number of halogens is 1. The molecular formula is C18H19BrN4O5S. The van der Waals surface area contributed by atoms with Crippen LogP contribution in [0.15, 0.2) is 45.5 Å². The van der Waals surface area contributed by atoms with Crippen LogP contribution in [-0.2, 0) is 9.59 Å². The fraction of sp³-hybridized carbons (Fsp3) is 0.222. The van der Waals surface area contributed by atoms with Gasteiger partial charge in [0.05, 0.1) is 6.61 Å². The topological polar surface area (TPSA) is 122 Å². The SMILES string of the molecule is CCOc1ccc(NC(=O)CCC(=O)NNC(=S)NC(=O)c2ccc(Br)o2)cc1. The van der Waals surface area contributed by atoms with Crippen molar-refractivity contribution in [2.45, 2.75) is 19.8 Å². The highest BCUT2D eigenvalue weighted by Crippen LogP contribution is 2.16. The highest BCUT2D eigenvalue weighted by Gasteiger charge is 2.13. The molecule has 0 aliphatic heterocycles. The second-order valence-corrected chi connectivity index (χ2v) is 6.76. The number of nitrogens with one attached hydrogen (secondary N) is 4. The van der Waals surface area contributed by atoms with Gasteiger partial charge in [-0.05, 0) is 71.5 Å². The van der Waals surface area contributed by atoms with E-state index < -0.39 is 11.8 Å². The quantitative estimate of drug-likeness (QED) is 0.353.